The van der Waals surface area contributed by atoms with Gasteiger partial charge in [0.2, 0.25) is 11.8 Å². The van der Waals surface area contributed by atoms with Gasteiger partial charge in [0.05, 0.1) is 18.4 Å². The van der Waals surface area contributed by atoms with Crippen molar-refractivity contribution in [2.45, 2.75) is 38.4 Å². The Morgan fingerprint density at radius 1 is 1.16 bits per heavy atom. The van der Waals surface area contributed by atoms with Crippen molar-refractivity contribution in [1.29, 1.82) is 0 Å². The van der Waals surface area contributed by atoms with Gasteiger partial charge in [0.25, 0.3) is 0 Å². The van der Waals surface area contributed by atoms with Gasteiger partial charge < -0.3 is 10.2 Å². The van der Waals surface area contributed by atoms with E-state index >= 15 is 0 Å². The van der Waals surface area contributed by atoms with Crippen molar-refractivity contribution in [3.05, 3.63) is 64.1 Å². The third kappa shape index (κ3) is 3.61. The highest BCUT2D eigenvalue weighted by atomic mass is 79.9. The predicted molar refractivity (Wildman–Crippen MR) is 120 cm³/mol. The average molecular weight is 501 g/mol. The van der Waals surface area contributed by atoms with Gasteiger partial charge in [-0.05, 0) is 36.1 Å². The van der Waals surface area contributed by atoms with Gasteiger partial charge in [-0.1, -0.05) is 60.1 Å². The van der Waals surface area contributed by atoms with Gasteiger partial charge in [-0.25, -0.2) is 0 Å². The zero-order valence-electron chi connectivity index (χ0n) is 17.8. The van der Waals surface area contributed by atoms with E-state index in [1.54, 1.807) is 12.1 Å². The van der Waals surface area contributed by atoms with E-state index in [1.165, 1.54) is 11.0 Å². The lowest BCUT2D eigenvalue weighted by Gasteiger charge is -2.32. The molecule has 3 N–H and O–H groups in total. The number of imide groups is 1. The molecule has 2 aromatic rings. The Balaban J connectivity index is 1.83. The van der Waals surface area contributed by atoms with Crippen LogP contribution in [0.5, 0.6) is 5.75 Å². The molecule has 0 aromatic heterocycles. The number of aromatic hydroxyl groups is 1. The number of carboxylic acids is 1. The Bertz CT molecular complexity index is 1070. The van der Waals surface area contributed by atoms with Crippen LogP contribution < -0.4 is 5.32 Å². The first-order valence-corrected chi connectivity index (χ1v) is 11.3. The van der Waals surface area contributed by atoms with Crippen LogP contribution >= 0.6 is 15.9 Å². The summed E-state index contributed by atoms with van der Waals surface area (Å²) in [6, 6.07) is 13.1. The van der Waals surface area contributed by atoms with Gasteiger partial charge in [0.15, 0.2) is 0 Å². The number of nitrogens with zero attached hydrogens (tertiary/aromatic N) is 1. The molecule has 2 aromatic carbocycles. The lowest BCUT2D eigenvalue weighted by molar-refractivity contribution is -0.152. The molecule has 2 amide bonds. The maximum Gasteiger partial charge on any atom is 0.324 e. The number of nitrogens with one attached hydrogen (secondary N) is 1. The molecule has 2 aliphatic rings. The number of fused-ring (bicyclic) bond motifs is 1. The molecule has 0 saturated carbocycles. The number of rotatable bonds is 6. The van der Waals surface area contributed by atoms with Crippen LogP contribution in [0.1, 0.15) is 37.4 Å². The smallest absolute Gasteiger partial charge is 0.324 e. The van der Waals surface area contributed by atoms with E-state index in [4.69, 9.17) is 0 Å². The third-order valence-corrected chi connectivity index (χ3v) is 6.86. The van der Waals surface area contributed by atoms with Gasteiger partial charge in [0, 0.05) is 16.1 Å². The summed E-state index contributed by atoms with van der Waals surface area (Å²) in [4.78, 5) is 40.9. The molecule has 7 nitrogen and oxygen atoms in total. The Morgan fingerprint density at radius 3 is 2.47 bits per heavy atom. The summed E-state index contributed by atoms with van der Waals surface area (Å²) in [5, 5.41) is 24.0. The van der Waals surface area contributed by atoms with E-state index in [-0.39, 0.29) is 24.6 Å². The summed E-state index contributed by atoms with van der Waals surface area (Å²) in [7, 11) is 0. The summed E-state index contributed by atoms with van der Waals surface area (Å²) < 4.78 is 0.679. The lowest BCUT2D eigenvalue weighted by Crippen LogP contribution is -2.56. The van der Waals surface area contributed by atoms with Crippen LogP contribution in [-0.4, -0.2) is 38.4 Å². The van der Waals surface area contributed by atoms with Crippen molar-refractivity contribution in [3.8, 4) is 5.75 Å². The maximum atomic E-state index is 13.6. The fourth-order valence-electron chi connectivity index (χ4n) is 5.14. The molecule has 2 saturated heterocycles. The van der Waals surface area contributed by atoms with Crippen molar-refractivity contribution in [1.82, 2.24) is 10.2 Å². The van der Waals surface area contributed by atoms with Gasteiger partial charge in [-0.3, -0.25) is 24.6 Å². The van der Waals surface area contributed by atoms with Crippen molar-refractivity contribution in [2.75, 3.05) is 0 Å². The molecule has 2 heterocycles. The minimum Gasteiger partial charge on any atom is -0.508 e. The van der Waals surface area contributed by atoms with E-state index in [9.17, 15) is 24.6 Å². The first kappa shape index (κ1) is 22.5. The molecule has 0 aliphatic carbocycles. The zero-order valence-corrected chi connectivity index (χ0v) is 19.4. The van der Waals surface area contributed by atoms with Crippen molar-refractivity contribution in [3.63, 3.8) is 0 Å². The normalized spacial score (nSPS) is 27.2. The van der Waals surface area contributed by atoms with E-state index in [2.05, 4.69) is 21.2 Å². The van der Waals surface area contributed by atoms with Crippen LogP contribution in [-0.2, 0) is 20.9 Å². The van der Waals surface area contributed by atoms with Crippen molar-refractivity contribution < 1.29 is 24.6 Å². The van der Waals surface area contributed by atoms with E-state index in [1.807, 2.05) is 44.2 Å². The number of carboxylic acid groups (broad SMARTS) is 1. The summed E-state index contributed by atoms with van der Waals surface area (Å²) in [5.41, 5.74) is -0.436. The Morgan fingerprint density at radius 2 is 1.84 bits per heavy atom. The van der Waals surface area contributed by atoms with Crippen LogP contribution in [0.2, 0.25) is 0 Å². The van der Waals surface area contributed by atoms with E-state index in [0.717, 1.165) is 5.56 Å². The number of aliphatic carboxylic acids is 1. The van der Waals surface area contributed by atoms with Crippen LogP contribution in [0, 0.1) is 17.8 Å². The van der Waals surface area contributed by atoms with Crippen LogP contribution in [0.25, 0.3) is 0 Å². The third-order valence-electron chi connectivity index (χ3n) is 6.37. The first-order valence-electron chi connectivity index (χ1n) is 10.5. The molecule has 4 atom stereocenters. The highest BCUT2D eigenvalue weighted by molar-refractivity contribution is 9.10. The number of hydrogen-bond donors (Lipinski definition) is 3. The minimum absolute atomic E-state index is 0.0415. The van der Waals surface area contributed by atoms with E-state index in [0.29, 0.717) is 10.0 Å². The molecule has 2 aliphatic heterocycles. The summed E-state index contributed by atoms with van der Waals surface area (Å²) >= 11 is 3.38. The molecular weight excluding hydrogens is 476 g/mol. The quantitative estimate of drug-likeness (QED) is 0.524. The molecule has 2 fully saturated rings. The zero-order chi connectivity index (χ0) is 23.2. The molecule has 0 bridgehead atoms. The number of phenols is 1. The summed E-state index contributed by atoms with van der Waals surface area (Å²) in [6.07, 6.45) is 0.174. The molecular formula is C24H25BrN2O5. The number of carbonyl (C=O) groups is 3. The fourth-order valence-corrected chi connectivity index (χ4v) is 5.52. The van der Waals surface area contributed by atoms with Gasteiger partial charge in [0.1, 0.15) is 11.3 Å². The molecule has 32 heavy (non-hydrogen) atoms. The summed E-state index contributed by atoms with van der Waals surface area (Å²) in [5.74, 6) is -4.18. The topological polar surface area (TPSA) is 107 Å². The molecule has 8 heteroatoms. The number of hydrogen-bond acceptors (Lipinski definition) is 5. The number of likely N-dealkylation sites (tertiary alicyclic amines) is 1. The molecule has 168 valence electrons. The molecule has 0 spiro atoms. The predicted octanol–water partition coefficient (Wildman–Crippen LogP) is 3.47. The Labute approximate surface area is 194 Å². The molecule has 0 unspecified atom stereocenters. The standard InChI is InChI=1S/C24H25BrN2O5/c1-13(2)11-24(23(31)32)19-18(20(26-24)16-10-15(25)8-9-17(16)28)21(29)27(22(19)30)12-14-6-4-3-5-7-14/h3-10,13,18-20,26,28H,11-12H2,1-2H3,(H,31,32)/t18-,19+,20+,24-/m0/s1. The maximum absolute atomic E-state index is 13.6. The lowest BCUT2D eigenvalue weighted by atomic mass is 9.75. The average Bonchev–Trinajstić information content (AvgIpc) is 3.20. The number of phenolic OH excluding ortho intramolecular Hbond substituents is 1. The second-order valence-electron chi connectivity index (χ2n) is 8.95. The fraction of sp³-hybridized carbons (Fsp3) is 0.375. The Hall–Kier alpha value is -2.71. The molecule has 4 rings (SSSR count). The molecule has 0 radical (unpaired) electrons. The van der Waals surface area contributed by atoms with Crippen LogP contribution in [0.3, 0.4) is 0 Å². The monoisotopic (exact) mass is 500 g/mol. The number of halogens is 1. The second kappa shape index (κ2) is 8.33. The second-order valence-corrected chi connectivity index (χ2v) is 9.87. The summed E-state index contributed by atoms with van der Waals surface area (Å²) in [6.45, 7) is 3.85. The largest absolute Gasteiger partial charge is 0.508 e. The Kier molecular flexibility index (Phi) is 5.85. The van der Waals surface area contributed by atoms with Crippen LogP contribution in [0.4, 0.5) is 0 Å². The van der Waals surface area contributed by atoms with Crippen molar-refractivity contribution in [2.24, 2.45) is 17.8 Å². The van der Waals surface area contributed by atoms with Crippen LogP contribution in [0.15, 0.2) is 53.0 Å². The van der Waals surface area contributed by atoms with Crippen molar-refractivity contribution >= 4 is 33.7 Å². The van der Waals surface area contributed by atoms with Gasteiger partial charge in [-0.15, -0.1) is 0 Å². The number of carbonyl (C=O) groups excluding carboxylic acids is 2. The minimum atomic E-state index is -1.61. The highest BCUT2D eigenvalue weighted by Crippen LogP contribution is 2.52. The SMILES string of the molecule is CC(C)C[C@]1(C(=O)O)N[C@H](c2cc(Br)ccc2O)[C@H]2C(=O)N(Cc3ccccc3)C(=O)[C@@H]21. The van der Waals surface area contributed by atoms with Gasteiger partial charge >= 0.3 is 5.97 Å². The van der Waals surface area contributed by atoms with E-state index < -0.39 is 41.2 Å². The van der Waals surface area contributed by atoms with Gasteiger partial charge in [-0.2, -0.15) is 0 Å². The number of amides is 2. The first-order chi connectivity index (χ1) is 15.2. The highest BCUT2D eigenvalue weighted by Gasteiger charge is 2.68. The number of benzene rings is 2.